The molecule has 2 fully saturated rings. The Morgan fingerprint density at radius 3 is 2.56 bits per heavy atom. The maximum atomic E-state index is 12.6. The molecule has 1 aliphatic carbocycles. The molecule has 1 unspecified atom stereocenters. The number of thioether (sulfide) groups is 1. The van der Waals surface area contributed by atoms with Gasteiger partial charge in [-0.05, 0) is 42.7 Å². The zero-order chi connectivity index (χ0) is 18.6. The van der Waals surface area contributed by atoms with Crippen molar-refractivity contribution in [3.63, 3.8) is 0 Å². The van der Waals surface area contributed by atoms with Crippen molar-refractivity contribution >= 4 is 35.0 Å². The summed E-state index contributed by atoms with van der Waals surface area (Å²) in [5.41, 5.74) is 2.77. The van der Waals surface area contributed by atoms with Gasteiger partial charge >= 0.3 is 0 Å². The Morgan fingerprint density at radius 2 is 1.78 bits per heavy atom. The Balaban J connectivity index is 1.53. The van der Waals surface area contributed by atoms with Gasteiger partial charge in [-0.1, -0.05) is 49.6 Å². The molecular weight excluding hydrogens is 356 g/mol. The fraction of sp³-hybridized carbons (Fsp3) is 0.364. The molecule has 2 amide bonds. The lowest BCUT2D eigenvalue weighted by Gasteiger charge is -2.25. The van der Waals surface area contributed by atoms with Crippen LogP contribution in [0.4, 0.5) is 11.4 Å². The highest BCUT2D eigenvalue weighted by Gasteiger charge is 2.34. The SMILES string of the molecule is O=C(Nc1cccc(C2SCC(=O)N2c2ccccc2)c1)C1CCCCC1. The van der Waals surface area contributed by atoms with Gasteiger partial charge in [-0.15, -0.1) is 11.8 Å². The Morgan fingerprint density at radius 1 is 1.00 bits per heavy atom. The van der Waals surface area contributed by atoms with E-state index in [1.165, 1.54) is 6.42 Å². The van der Waals surface area contributed by atoms with Gasteiger partial charge in [0.1, 0.15) is 5.37 Å². The van der Waals surface area contributed by atoms with E-state index < -0.39 is 0 Å². The van der Waals surface area contributed by atoms with Crippen LogP contribution >= 0.6 is 11.8 Å². The largest absolute Gasteiger partial charge is 0.326 e. The Bertz CT molecular complexity index is 818. The minimum atomic E-state index is -0.0635. The summed E-state index contributed by atoms with van der Waals surface area (Å²) in [5.74, 6) is 0.846. The first-order valence-electron chi connectivity index (χ1n) is 9.62. The van der Waals surface area contributed by atoms with Crippen LogP contribution < -0.4 is 10.2 Å². The van der Waals surface area contributed by atoms with E-state index in [0.29, 0.717) is 5.75 Å². The zero-order valence-electron chi connectivity index (χ0n) is 15.3. The summed E-state index contributed by atoms with van der Waals surface area (Å²) in [6, 6.07) is 17.7. The van der Waals surface area contributed by atoms with Gasteiger partial charge in [0, 0.05) is 17.3 Å². The minimum Gasteiger partial charge on any atom is -0.326 e. The predicted octanol–water partition coefficient (Wildman–Crippen LogP) is 4.98. The van der Waals surface area contributed by atoms with Gasteiger partial charge in [0.25, 0.3) is 0 Å². The first kappa shape index (κ1) is 18.1. The molecule has 1 aliphatic heterocycles. The maximum absolute atomic E-state index is 12.6. The van der Waals surface area contributed by atoms with Crippen LogP contribution in [-0.4, -0.2) is 17.6 Å². The lowest BCUT2D eigenvalue weighted by atomic mass is 9.88. The van der Waals surface area contributed by atoms with Crippen LogP contribution in [0.25, 0.3) is 0 Å². The van der Waals surface area contributed by atoms with E-state index in [0.717, 1.165) is 42.6 Å². The smallest absolute Gasteiger partial charge is 0.238 e. The molecule has 27 heavy (non-hydrogen) atoms. The number of para-hydroxylation sites is 1. The second kappa shape index (κ2) is 8.17. The molecule has 0 bridgehead atoms. The Kier molecular flexibility index (Phi) is 5.48. The minimum absolute atomic E-state index is 0.0635. The van der Waals surface area contributed by atoms with Crippen LogP contribution in [-0.2, 0) is 9.59 Å². The van der Waals surface area contributed by atoms with E-state index in [-0.39, 0.29) is 23.1 Å². The van der Waals surface area contributed by atoms with Crippen molar-refractivity contribution in [2.24, 2.45) is 5.92 Å². The molecular formula is C22H24N2O2S. The molecule has 1 atom stereocenters. The molecule has 4 nitrogen and oxygen atoms in total. The van der Waals surface area contributed by atoms with Crippen LogP contribution in [0.5, 0.6) is 0 Å². The average Bonchev–Trinajstić information content (AvgIpc) is 3.11. The number of anilines is 2. The number of hydrogen-bond donors (Lipinski definition) is 1. The Labute approximate surface area is 164 Å². The molecule has 2 aromatic rings. The molecule has 2 aliphatic rings. The standard InChI is InChI=1S/C22H24N2O2S/c25-20-15-27-22(24(20)19-12-5-2-6-13-19)17-10-7-11-18(14-17)23-21(26)16-8-3-1-4-9-16/h2,5-7,10-14,16,22H,1,3-4,8-9,15H2,(H,23,26). The summed E-state index contributed by atoms with van der Waals surface area (Å²) in [4.78, 5) is 26.9. The first-order chi connectivity index (χ1) is 13.2. The molecule has 1 heterocycles. The summed E-state index contributed by atoms with van der Waals surface area (Å²) < 4.78 is 0. The highest BCUT2D eigenvalue weighted by Crippen LogP contribution is 2.42. The number of benzene rings is 2. The summed E-state index contributed by atoms with van der Waals surface area (Å²) in [6.07, 6.45) is 5.50. The van der Waals surface area contributed by atoms with Crippen molar-refractivity contribution in [1.29, 1.82) is 0 Å². The average molecular weight is 381 g/mol. The second-order valence-electron chi connectivity index (χ2n) is 7.21. The summed E-state index contributed by atoms with van der Waals surface area (Å²) in [6.45, 7) is 0. The fourth-order valence-electron chi connectivity index (χ4n) is 3.92. The molecule has 0 radical (unpaired) electrons. The van der Waals surface area contributed by atoms with Crippen molar-refractivity contribution in [1.82, 2.24) is 0 Å². The first-order valence-corrected chi connectivity index (χ1v) is 10.7. The molecule has 0 aromatic heterocycles. The van der Waals surface area contributed by atoms with E-state index in [1.54, 1.807) is 11.8 Å². The maximum Gasteiger partial charge on any atom is 0.238 e. The van der Waals surface area contributed by atoms with Gasteiger partial charge in [-0.25, -0.2) is 0 Å². The number of nitrogens with one attached hydrogen (secondary N) is 1. The van der Waals surface area contributed by atoms with Crippen LogP contribution in [0, 0.1) is 5.92 Å². The summed E-state index contributed by atoms with van der Waals surface area (Å²) in [7, 11) is 0. The van der Waals surface area contributed by atoms with Crippen LogP contribution in [0.15, 0.2) is 54.6 Å². The zero-order valence-corrected chi connectivity index (χ0v) is 16.1. The molecule has 4 rings (SSSR count). The van der Waals surface area contributed by atoms with E-state index in [4.69, 9.17) is 0 Å². The van der Waals surface area contributed by atoms with Crippen molar-refractivity contribution in [2.75, 3.05) is 16.0 Å². The number of rotatable bonds is 4. The third-order valence-corrected chi connectivity index (χ3v) is 6.53. The highest BCUT2D eigenvalue weighted by atomic mass is 32.2. The van der Waals surface area contributed by atoms with Crippen molar-refractivity contribution in [3.05, 3.63) is 60.2 Å². The summed E-state index contributed by atoms with van der Waals surface area (Å²) >= 11 is 1.63. The van der Waals surface area contributed by atoms with Crippen molar-refractivity contribution in [2.45, 2.75) is 37.5 Å². The molecule has 2 aromatic carbocycles. The summed E-state index contributed by atoms with van der Waals surface area (Å²) in [5, 5.41) is 3.03. The number of nitrogens with zero attached hydrogens (tertiary/aromatic N) is 1. The second-order valence-corrected chi connectivity index (χ2v) is 8.28. The number of hydrogen-bond acceptors (Lipinski definition) is 3. The number of carbonyl (C=O) groups excluding carboxylic acids is 2. The van der Waals surface area contributed by atoms with Crippen molar-refractivity contribution < 1.29 is 9.59 Å². The van der Waals surface area contributed by atoms with Crippen LogP contribution in [0.2, 0.25) is 0 Å². The van der Waals surface area contributed by atoms with Crippen LogP contribution in [0.1, 0.15) is 43.0 Å². The highest BCUT2D eigenvalue weighted by molar-refractivity contribution is 8.00. The normalized spacial score (nSPS) is 20.7. The van der Waals surface area contributed by atoms with E-state index in [2.05, 4.69) is 5.32 Å². The Hall–Kier alpha value is -2.27. The van der Waals surface area contributed by atoms with Gasteiger partial charge in [0.05, 0.1) is 5.75 Å². The third kappa shape index (κ3) is 4.03. The quantitative estimate of drug-likeness (QED) is 0.813. The molecule has 5 heteroatoms. The van der Waals surface area contributed by atoms with Gasteiger partial charge in [-0.3, -0.25) is 14.5 Å². The van der Waals surface area contributed by atoms with Crippen LogP contribution in [0.3, 0.4) is 0 Å². The fourth-order valence-corrected chi connectivity index (χ4v) is 5.08. The lowest BCUT2D eigenvalue weighted by molar-refractivity contribution is -0.120. The molecule has 1 saturated heterocycles. The molecule has 0 spiro atoms. The molecule has 1 saturated carbocycles. The number of amides is 2. The monoisotopic (exact) mass is 380 g/mol. The lowest BCUT2D eigenvalue weighted by Crippen LogP contribution is -2.28. The van der Waals surface area contributed by atoms with Gasteiger partial charge in [0.2, 0.25) is 11.8 Å². The predicted molar refractivity (Wildman–Crippen MR) is 111 cm³/mol. The van der Waals surface area contributed by atoms with Gasteiger partial charge in [0.15, 0.2) is 0 Å². The van der Waals surface area contributed by atoms with E-state index >= 15 is 0 Å². The topological polar surface area (TPSA) is 49.4 Å². The van der Waals surface area contributed by atoms with E-state index in [9.17, 15) is 9.59 Å². The third-order valence-electron chi connectivity index (χ3n) is 5.32. The molecule has 140 valence electrons. The van der Waals surface area contributed by atoms with Crippen molar-refractivity contribution in [3.8, 4) is 0 Å². The molecule has 1 N–H and O–H groups in total. The van der Waals surface area contributed by atoms with E-state index in [1.807, 2.05) is 59.5 Å². The van der Waals surface area contributed by atoms with Gasteiger partial charge < -0.3 is 5.32 Å². The number of carbonyl (C=O) groups is 2. The van der Waals surface area contributed by atoms with Gasteiger partial charge in [-0.2, -0.15) is 0 Å².